The van der Waals surface area contributed by atoms with Crippen LogP contribution in [0.3, 0.4) is 0 Å². The van der Waals surface area contributed by atoms with E-state index in [1.165, 1.54) is 0 Å². The second-order valence-electron chi connectivity index (χ2n) is 5.17. The summed E-state index contributed by atoms with van der Waals surface area (Å²) in [5.41, 5.74) is 3.79. The van der Waals surface area contributed by atoms with Crippen molar-refractivity contribution in [3.8, 4) is 0 Å². The van der Waals surface area contributed by atoms with E-state index in [9.17, 15) is 4.79 Å². The van der Waals surface area contributed by atoms with Gasteiger partial charge in [-0.3, -0.25) is 0 Å². The van der Waals surface area contributed by atoms with Gasteiger partial charge in [0.05, 0.1) is 11.1 Å². The zero-order valence-electron chi connectivity index (χ0n) is 12.3. The third-order valence-corrected chi connectivity index (χ3v) is 3.54. The number of rotatable bonds is 3. The number of fused-ring (bicyclic) bond motifs is 1. The van der Waals surface area contributed by atoms with E-state index < -0.39 is 5.97 Å². The van der Waals surface area contributed by atoms with Crippen LogP contribution in [0.2, 0.25) is 0 Å². The van der Waals surface area contributed by atoms with Crippen molar-refractivity contribution < 1.29 is 9.90 Å². The van der Waals surface area contributed by atoms with Crippen LogP contribution in [0.15, 0.2) is 42.6 Å². The number of para-hydroxylation sites is 1. The lowest BCUT2D eigenvalue weighted by molar-refractivity contribution is 0.0697. The number of anilines is 2. The minimum absolute atomic E-state index is 0.227. The first kappa shape index (κ1) is 14.0. The summed E-state index contributed by atoms with van der Waals surface area (Å²) in [7, 11) is 0. The third kappa shape index (κ3) is 2.61. The first-order chi connectivity index (χ1) is 10.5. The molecule has 5 heteroatoms. The summed E-state index contributed by atoms with van der Waals surface area (Å²) in [5.74, 6) is -0.509. The Balaban J connectivity index is 2.01. The smallest absolute Gasteiger partial charge is 0.335 e. The Labute approximate surface area is 127 Å². The van der Waals surface area contributed by atoms with E-state index in [-0.39, 0.29) is 5.56 Å². The molecule has 0 saturated carbocycles. The summed E-state index contributed by atoms with van der Waals surface area (Å²) in [6, 6.07) is 10.8. The van der Waals surface area contributed by atoms with Crippen molar-refractivity contribution >= 4 is 28.5 Å². The molecule has 0 spiro atoms. The Hall–Kier alpha value is -2.95. The third-order valence-electron chi connectivity index (χ3n) is 3.54. The Bertz CT molecular complexity index is 875. The van der Waals surface area contributed by atoms with Crippen LogP contribution in [0.5, 0.6) is 0 Å². The van der Waals surface area contributed by atoms with Crippen LogP contribution in [0.4, 0.5) is 11.6 Å². The maximum Gasteiger partial charge on any atom is 0.335 e. The Morgan fingerprint density at radius 3 is 2.73 bits per heavy atom. The fourth-order valence-electron chi connectivity index (χ4n) is 2.27. The first-order valence-electron chi connectivity index (χ1n) is 6.88. The Morgan fingerprint density at radius 1 is 1.14 bits per heavy atom. The molecule has 2 N–H and O–H groups in total. The molecule has 0 saturated heterocycles. The molecular formula is C17H15N3O2. The highest BCUT2D eigenvalue weighted by molar-refractivity contribution is 5.89. The van der Waals surface area contributed by atoms with Crippen LogP contribution in [0.1, 0.15) is 21.5 Å². The van der Waals surface area contributed by atoms with Crippen molar-refractivity contribution in [1.29, 1.82) is 0 Å². The van der Waals surface area contributed by atoms with Gasteiger partial charge in [0.15, 0.2) is 0 Å². The SMILES string of the molecule is Cc1ccc(C(=O)O)cc1Nc1ncc2cccc(C)c2n1. The van der Waals surface area contributed by atoms with Crippen molar-refractivity contribution in [2.75, 3.05) is 5.32 Å². The molecule has 3 aromatic rings. The molecular weight excluding hydrogens is 278 g/mol. The van der Waals surface area contributed by atoms with Gasteiger partial charge >= 0.3 is 5.97 Å². The van der Waals surface area contributed by atoms with Gasteiger partial charge in [-0.25, -0.2) is 14.8 Å². The molecule has 1 aromatic heterocycles. The summed E-state index contributed by atoms with van der Waals surface area (Å²) < 4.78 is 0. The van der Waals surface area contributed by atoms with Gasteiger partial charge in [-0.15, -0.1) is 0 Å². The van der Waals surface area contributed by atoms with E-state index in [1.54, 1.807) is 24.4 Å². The predicted octanol–water partition coefficient (Wildman–Crippen LogP) is 3.69. The highest BCUT2D eigenvalue weighted by Gasteiger charge is 2.08. The minimum atomic E-state index is -0.960. The van der Waals surface area contributed by atoms with Crippen LogP contribution >= 0.6 is 0 Å². The lowest BCUT2D eigenvalue weighted by Crippen LogP contribution is -2.02. The molecule has 0 unspecified atom stereocenters. The number of aromatic carboxylic acids is 1. The van der Waals surface area contributed by atoms with Crippen LogP contribution in [0, 0.1) is 13.8 Å². The number of aromatic nitrogens is 2. The van der Waals surface area contributed by atoms with Crippen molar-refractivity contribution in [3.05, 3.63) is 59.3 Å². The topological polar surface area (TPSA) is 75.1 Å². The van der Waals surface area contributed by atoms with Crippen molar-refractivity contribution in [2.24, 2.45) is 0 Å². The minimum Gasteiger partial charge on any atom is -0.478 e. The van der Waals surface area contributed by atoms with Crippen LogP contribution in [0.25, 0.3) is 10.9 Å². The second kappa shape index (κ2) is 5.44. The maximum absolute atomic E-state index is 11.1. The molecule has 0 amide bonds. The number of carboxylic acids is 1. The van der Waals surface area contributed by atoms with E-state index in [4.69, 9.17) is 5.11 Å². The van der Waals surface area contributed by atoms with Gasteiger partial charge in [-0.2, -0.15) is 0 Å². The molecule has 22 heavy (non-hydrogen) atoms. The Morgan fingerprint density at radius 2 is 1.95 bits per heavy atom. The molecule has 0 atom stereocenters. The van der Waals surface area contributed by atoms with Crippen molar-refractivity contribution in [1.82, 2.24) is 9.97 Å². The molecule has 0 aliphatic heterocycles. The van der Waals surface area contributed by atoms with Gasteiger partial charge in [0, 0.05) is 17.3 Å². The average molecular weight is 293 g/mol. The number of benzene rings is 2. The normalized spacial score (nSPS) is 10.6. The maximum atomic E-state index is 11.1. The first-order valence-corrected chi connectivity index (χ1v) is 6.88. The molecule has 0 fully saturated rings. The fraction of sp³-hybridized carbons (Fsp3) is 0.118. The number of aryl methyl sites for hydroxylation is 2. The van der Waals surface area contributed by atoms with Gasteiger partial charge in [-0.1, -0.05) is 24.3 Å². The molecule has 0 aliphatic carbocycles. The quantitative estimate of drug-likeness (QED) is 0.770. The average Bonchev–Trinajstić information content (AvgIpc) is 2.50. The second-order valence-corrected chi connectivity index (χ2v) is 5.17. The highest BCUT2D eigenvalue weighted by Crippen LogP contribution is 2.22. The summed E-state index contributed by atoms with van der Waals surface area (Å²) in [6.45, 7) is 3.90. The molecule has 2 aromatic carbocycles. The number of nitrogens with zero attached hydrogens (tertiary/aromatic N) is 2. The monoisotopic (exact) mass is 293 g/mol. The predicted molar refractivity (Wildman–Crippen MR) is 85.7 cm³/mol. The van der Waals surface area contributed by atoms with Crippen LogP contribution in [-0.2, 0) is 0 Å². The van der Waals surface area contributed by atoms with Crippen molar-refractivity contribution in [2.45, 2.75) is 13.8 Å². The number of nitrogens with one attached hydrogen (secondary N) is 1. The molecule has 110 valence electrons. The van der Waals surface area contributed by atoms with Gasteiger partial charge < -0.3 is 10.4 Å². The molecule has 0 bridgehead atoms. The molecule has 1 heterocycles. The standard InChI is InChI=1S/C17H15N3O2/c1-10-6-7-12(16(21)22)8-14(10)19-17-18-9-13-5-3-4-11(2)15(13)20-17/h3-9H,1-2H3,(H,21,22)(H,18,19,20). The molecule has 3 rings (SSSR count). The summed E-state index contributed by atoms with van der Waals surface area (Å²) in [5, 5.41) is 13.2. The summed E-state index contributed by atoms with van der Waals surface area (Å²) >= 11 is 0. The zero-order chi connectivity index (χ0) is 15.7. The zero-order valence-corrected chi connectivity index (χ0v) is 12.3. The van der Waals surface area contributed by atoms with E-state index in [2.05, 4.69) is 15.3 Å². The fourth-order valence-corrected chi connectivity index (χ4v) is 2.27. The van der Waals surface area contributed by atoms with Gasteiger partial charge in [0.25, 0.3) is 0 Å². The summed E-state index contributed by atoms with van der Waals surface area (Å²) in [6.07, 6.45) is 1.76. The van der Waals surface area contributed by atoms with E-state index in [1.807, 2.05) is 32.0 Å². The number of carboxylic acid groups (broad SMARTS) is 1. The van der Waals surface area contributed by atoms with Gasteiger partial charge in [0.1, 0.15) is 0 Å². The molecule has 5 nitrogen and oxygen atoms in total. The molecule has 0 radical (unpaired) electrons. The van der Waals surface area contributed by atoms with Gasteiger partial charge in [-0.05, 0) is 37.1 Å². The van der Waals surface area contributed by atoms with Gasteiger partial charge in [0.2, 0.25) is 5.95 Å². The number of carbonyl (C=O) groups is 1. The number of hydrogen-bond acceptors (Lipinski definition) is 4. The van der Waals surface area contributed by atoms with Crippen LogP contribution in [-0.4, -0.2) is 21.0 Å². The van der Waals surface area contributed by atoms with E-state index >= 15 is 0 Å². The van der Waals surface area contributed by atoms with Crippen molar-refractivity contribution in [3.63, 3.8) is 0 Å². The van der Waals surface area contributed by atoms with E-state index in [0.717, 1.165) is 22.0 Å². The summed E-state index contributed by atoms with van der Waals surface area (Å²) in [4.78, 5) is 19.9. The molecule has 0 aliphatic rings. The number of hydrogen-bond donors (Lipinski definition) is 2. The largest absolute Gasteiger partial charge is 0.478 e. The lowest BCUT2D eigenvalue weighted by atomic mass is 10.1. The van der Waals surface area contributed by atoms with Crippen LogP contribution < -0.4 is 5.32 Å². The lowest BCUT2D eigenvalue weighted by Gasteiger charge is -2.10. The highest BCUT2D eigenvalue weighted by atomic mass is 16.4. The Kier molecular flexibility index (Phi) is 3.47. The van der Waals surface area contributed by atoms with E-state index in [0.29, 0.717) is 11.6 Å².